The number of Topliss-reactive ketones (excluding diaryl/α,β-unsaturated/α-hetero) is 1. The van der Waals surface area contributed by atoms with Crippen LogP contribution in [0, 0.1) is 11.3 Å². The lowest BCUT2D eigenvalue weighted by Gasteiger charge is -2.06. The van der Waals surface area contributed by atoms with Gasteiger partial charge in [0.1, 0.15) is 11.4 Å². The van der Waals surface area contributed by atoms with Crippen LogP contribution < -0.4 is 0 Å². The van der Waals surface area contributed by atoms with Gasteiger partial charge in [-0.05, 0) is 23.8 Å². The molecule has 0 aliphatic rings. The fraction of sp³-hybridized carbons (Fsp3) is 0.125. The largest absolute Gasteiger partial charge is 0.506 e. The number of hydrogen-bond donors (Lipinski definition) is 2. The van der Waals surface area contributed by atoms with Crippen molar-refractivity contribution in [2.24, 2.45) is 0 Å². The van der Waals surface area contributed by atoms with Crippen LogP contribution in [0.5, 0.6) is 5.75 Å². The second kappa shape index (κ2) is 6.50. The molecule has 0 atom stereocenters. The van der Waals surface area contributed by atoms with Gasteiger partial charge in [0, 0.05) is 18.2 Å². The maximum Gasteiger partial charge on any atom is 0.303 e. The number of pyridine rings is 1. The Morgan fingerprint density at radius 1 is 1.27 bits per heavy atom. The Bertz CT molecular complexity index is 799. The Kier molecular flexibility index (Phi) is 4.07. The third-order valence-electron chi connectivity index (χ3n) is 3.01. The minimum absolute atomic E-state index is 0.150. The predicted octanol–water partition coefficient (Wildman–Crippen LogP) is 2.37. The molecule has 0 unspecified atom stereocenters. The molecule has 6 nitrogen and oxygen atoms in total. The number of ketones is 1. The molecule has 0 saturated carbocycles. The maximum absolute atomic E-state index is 11.9. The highest BCUT2D eigenvalue weighted by atomic mass is 16.4. The van der Waals surface area contributed by atoms with Crippen molar-refractivity contribution in [2.75, 3.05) is 0 Å². The summed E-state index contributed by atoms with van der Waals surface area (Å²) in [7, 11) is 0. The first-order chi connectivity index (χ1) is 11.0. The summed E-state index contributed by atoms with van der Waals surface area (Å²) < 4.78 is 6.41. The van der Waals surface area contributed by atoms with Gasteiger partial charge in [0.15, 0.2) is 5.78 Å². The molecule has 2 aromatic rings. The molecule has 1 heterocycles. The van der Waals surface area contributed by atoms with Gasteiger partial charge in [-0.3, -0.25) is 9.59 Å². The summed E-state index contributed by atoms with van der Waals surface area (Å²) >= 11 is 0. The topological polar surface area (TPSA) is 111 Å². The lowest BCUT2D eigenvalue weighted by atomic mass is 10.0. The smallest absolute Gasteiger partial charge is 0.303 e. The molecule has 0 spiro atoms. The summed E-state index contributed by atoms with van der Waals surface area (Å²) in [6.45, 7) is 0. The molecule has 0 amide bonds. The summed E-state index contributed by atoms with van der Waals surface area (Å²) in [6, 6.07) is 10.1. The van der Waals surface area contributed by atoms with Gasteiger partial charge in [-0.15, -0.1) is 0 Å². The van der Waals surface area contributed by atoms with Crippen molar-refractivity contribution in [3.63, 3.8) is 0 Å². The van der Waals surface area contributed by atoms with Crippen LogP contribution in [0.4, 0.5) is 0 Å². The average Bonchev–Trinajstić information content (AvgIpc) is 2.59. The van der Waals surface area contributed by atoms with Gasteiger partial charge in [-0.25, -0.2) is 4.98 Å². The van der Waals surface area contributed by atoms with E-state index < -0.39 is 11.8 Å². The number of nitrogens with zero attached hydrogens (tertiary/aromatic N) is 2. The summed E-state index contributed by atoms with van der Waals surface area (Å²) in [6.07, 6.45) is 0.948. The quantitative estimate of drug-likeness (QED) is 0.819. The van der Waals surface area contributed by atoms with Crippen LogP contribution in [0.2, 0.25) is 0 Å². The van der Waals surface area contributed by atoms with Crippen LogP contribution in [0.25, 0.3) is 12.6 Å². The van der Waals surface area contributed by atoms with Crippen molar-refractivity contribution in [1.29, 1.82) is 6.69 Å². The van der Waals surface area contributed by atoms with Crippen LogP contribution >= 0.6 is 0 Å². The van der Waals surface area contributed by atoms with Crippen LogP contribution in [0.3, 0.4) is 0 Å². The van der Waals surface area contributed by atoms with E-state index in [1.165, 1.54) is 12.3 Å². The minimum Gasteiger partial charge on any atom is -0.506 e. The molecular formula is C16H12N2O4. The van der Waals surface area contributed by atoms with Gasteiger partial charge >= 0.3 is 5.97 Å². The predicted molar refractivity (Wildman–Crippen MR) is 77.3 cm³/mol. The Hall–Kier alpha value is -3.20. The number of carbonyl (C=O) groups is 2. The van der Waals surface area contributed by atoms with Crippen molar-refractivity contribution in [1.82, 2.24) is 4.98 Å². The van der Waals surface area contributed by atoms with Gasteiger partial charge in [0.05, 0.1) is 18.1 Å². The molecule has 0 saturated heterocycles. The van der Waals surface area contributed by atoms with Gasteiger partial charge < -0.3 is 10.2 Å². The number of aliphatic carboxylic acids is 1. The van der Waals surface area contributed by atoms with Crippen LogP contribution in [0.1, 0.15) is 28.9 Å². The van der Waals surface area contributed by atoms with E-state index in [9.17, 15) is 14.7 Å². The Labute approximate surface area is 127 Å². The first-order valence-electron chi connectivity index (χ1n) is 6.84. The standard InChI is InChI=1S/C16H12N2O4/c17-8-10-2-1-3-11(6-10)12-7-14(20)16(18-9-12)13(19)4-5-15(21)22/h1-3,6-7,9,20H,4-5H2,(H,21,22)/i/hD. The second-order valence-corrected chi connectivity index (χ2v) is 4.58. The van der Waals surface area contributed by atoms with Gasteiger partial charge in [-0.1, -0.05) is 12.1 Å². The van der Waals surface area contributed by atoms with Crippen molar-refractivity contribution in [3.8, 4) is 22.9 Å². The summed E-state index contributed by atoms with van der Waals surface area (Å²) in [5.41, 5.74) is 1.56. The van der Waals surface area contributed by atoms with E-state index in [2.05, 4.69) is 10.1 Å². The Morgan fingerprint density at radius 3 is 2.77 bits per heavy atom. The van der Waals surface area contributed by atoms with E-state index in [0.29, 0.717) is 16.7 Å². The molecule has 110 valence electrons. The maximum atomic E-state index is 11.9. The van der Waals surface area contributed by atoms with Crippen LogP contribution in [-0.4, -0.2) is 27.0 Å². The number of carboxylic acid groups (broad SMARTS) is 1. The van der Waals surface area contributed by atoms with Gasteiger partial charge in [0.25, 0.3) is 1.43 Å². The molecule has 1 aromatic heterocycles. The zero-order valence-electron chi connectivity index (χ0n) is 12.4. The molecule has 0 radical (unpaired) electrons. The van der Waals surface area contributed by atoms with Crippen molar-refractivity contribution in [3.05, 3.63) is 47.8 Å². The number of carbonyl (C=O) groups excluding carboxylic acids is 1. The molecule has 1 aromatic carbocycles. The Balaban J connectivity index is 2.22. The normalized spacial score (nSPS) is 10.4. The van der Waals surface area contributed by atoms with E-state index >= 15 is 0 Å². The highest BCUT2D eigenvalue weighted by molar-refractivity contribution is 5.98. The first kappa shape index (κ1) is 13.8. The molecular weight excluding hydrogens is 284 g/mol. The summed E-state index contributed by atoms with van der Waals surface area (Å²) in [5, 5.41) is 22.6. The number of hydrogen-bond acceptors (Lipinski definition) is 6. The number of benzene rings is 1. The number of rotatable bonds is 5. The lowest BCUT2D eigenvalue weighted by Crippen LogP contribution is -2.06. The summed E-state index contributed by atoms with van der Waals surface area (Å²) in [5.74, 6) is -1.66. The molecule has 0 aliphatic heterocycles. The van der Waals surface area contributed by atoms with Crippen molar-refractivity contribution >= 4 is 11.8 Å². The second-order valence-electron chi connectivity index (χ2n) is 4.58. The number of aromatic hydroxyl groups is 1. The van der Waals surface area contributed by atoms with Crippen LogP contribution in [0.15, 0.2) is 36.5 Å². The third-order valence-corrected chi connectivity index (χ3v) is 3.01. The number of carboxylic acids is 1. The molecule has 0 bridgehead atoms. The van der Waals surface area contributed by atoms with Crippen molar-refractivity contribution in [2.45, 2.75) is 12.8 Å². The Morgan fingerprint density at radius 2 is 2.09 bits per heavy atom. The molecule has 22 heavy (non-hydrogen) atoms. The molecule has 0 fully saturated rings. The van der Waals surface area contributed by atoms with E-state index in [-0.39, 0.29) is 24.3 Å². The third kappa shape index (κ3) is 3.46. The number of nitriles is 1. The monoisotopic (exact) mass is 297 g/mol. The first-order valence-corrected chi connectivity index (χ1v) is 6.44. The SMILES string of the molecule is [2H]OC(=O)CCC(=O)c1ncc(-c2cccc(C#N)c2)cc1O. The fourth-order valence-corrected chi connectivity index (χ4v) is 1.93. The zero-order valence-corrected chi connectivity index (χ0v) is 11.4. The minimum atomic E-state index is -0.831. The van der Waals surface area contributed by atoms with E-state index in [4.69, 9.17) is 6.69 Å². The molecule has 2 rings (SSSR count). The number of aromatic nitrogens is 1. The fourth-order valence-electron chi connectivity index (χ4n) is 1.93. The van der Waals surface area contributed by atoms with E-state index in [1.807, 2.05) is 6.07 Å². The summed E-state index contributed by atoms with van der Waals surface area (Å²) in [4.78, 5) is 26.7. The molecule has 6 heteroatoms. The van der Waals surface area contributed by atoms with E-state index in [1.54, 1.807) is 24.3 Å². The lowest BCUT2D eigenvalue weighted by molar-refractivity contribution is -0.136. The highest BCUT2D eigenvalue weighted by Gasteiger charge is 2.15. The average molecular weight is 297 g/mol. The van der Waals surface area contributed by atoms with Crippen molar-refractivity contribution < 1.29 is 19.8 Å². The van der Waals surface area contributed by atoms with Crippen LogP contribution in [-0.2, 0) is 4.79 Å². The van der Waals surface area contributed by atoms with Gasteiger partial charge in [-0.2, -0.15) is 5.26 Å². The molecule has 2 N–H and O–H groups in total. The molecule has 0 aliphatic carbocycles. The van der Waals surface area contributed by atoms with E-state index in [0.717, 1.165) is 0 Å². The highest BCUT2D eigenvalue weighted by Crippen LogP contribution is 2.26. The van der Waals surface area contributed by atoms with Gasteiger partial charge in [0.2, 0.25) is 0 Å². The zero-order chi connectivity index (χ0) is 16.8.